The van der Waals surface area contributed by atoms with Gasteiger partial charge in [-0.25, -0.2) is 4.79 Å². The van der Waals surface area contributed by atoms with Gasteiger partial charge in [-0.3, -0.25) is 0 Å². The fraction of sp³-hybridized carbons (Fsp3) is 0.562. The standard InChI is InChI=1S/C16H20O7/c1-16(2)22-12-11(10(18)8-17)20-15(13(12)23-16)21-14(19)9-6-4-3-5-7-9/h3-7,10-13,15,17-18H,8H2,1-2H3/t10-,11-,12+,13+,15?/m1/s1. The third kappa shape index (κ3) is 3.24. The number of carbonyl (C=O) groups excluding carboxylic acids is 1. The molecule has 0 aromatic heterocycles. The molecule has 2 heterocycles. The highest BCUT2D eigenvalue weighted by atomic mass is 16.8. The van der Waals surface area contributed by atoms with Crippen LogP contribution >= 0.6 is 0 Å². The van der Waals surface area contributed by atoms with Crippen LogP contribution in [0.15, 0.2) is 30.3 Å². The van der Waals surface area contributed by atoms with E-state index in [1.165, 1.54) is 0 Å². The first-order chi connectivity index (χ1) is 10.9. The van der Waals surface area contributed by atoms with Gasteiger partial charge in [0.1, 0.15) is 18.3 Å². The lowest BCUT2D eigenvalue weighted by molar-refractivity contribution is -0.231. The van der Waals surface area contributed by atoms with Gasteiger partial charge in [-0.2, -0.15) is 0 Å². The number of aliphatic hydroxyl groups is 2. The number of carbonyl (C=O) groups is 1. The van der Waals surface area contributed by atoms with Gasteiger partial charge in [0.2, 0.25) is 6.29 Å². The molecule has 0 aliphatic carbocycles. The maximum Gasteiger partial charge on any atom is 0.340 e. The summed E-state index contributed by atoms with van der Waals surface area (Å²) in [5.41, 5.74) is 0.386. The molecule has 1 aromatic carbocycles. The molecular formula is C16H20O7. The van der Waals surface area contributed by atoms with Crippen LogP contribution in [-0.2, 0) is 18.9 Å². The number of hydrogen-bond acceptors (Lipinski definition) is 7. The van der Waals surface area contributed by atoms with E-state index in [0.29, 0.717) is 5.56 Å². The van der Waals surface area contributed by atoms with Crippen LogP contribution in [0.5, 0.6) is 0 Å². The van der Waals surface area contributed by atoms with Crippen LogP contribution in [-0.4, -0.2) is 59.3 Å². The number of fused-ring (bicyclic) bond motifs is 1. The lowest BCUT2D eigenvalue weighted by atomic mass is 10.1. The number of esters is 1. The summed E-state index contributed by atoms with van der Waals surface area (Å²) in [6.07, 6.45) is -4.29. The summed E-state index contributed by atoms with van der Waals surface area (Å²) in [7, 11) is 0. The van der Waals surface area contributed by atoms with Crippen LogP contribution in [0, 0.1) is 0 Å². The molecule has 126 valence electrons. The van der Waals surface area contributed by atoms with Crippen molar-refractivity contribution in [2.45, 2.75) is 50.3 Å². The van der Waals surface area contributed by atoms with E-state index in [-0.39, 0.29) is 0 Å². The van der Waals surface area contributed by atoms with E-state index in [2.05, 4.69) is 0 Å². The molecule has 0 radical (unpaired) electrons. The minimum atomic E-state index is -1.15. The smallest absolute Gasteiger partial charge is 0.340 e. The summed E-state index contributed by atoms with van der Waals surface area (Å²) >= 11 is 0. The molecule has 0 amide bonds. The Labute approximate surface area is 133 Å². The first kappa shape index (κ1) is 16.4. The monoisotopic (exact) mass is 324 g/mol. The number of aliphatic hydroxyl groups excluding tert-OH is 2. The number of ether oxygens (including phenoxy) is 4. The Morgan fingerprint density at radius 3 is 2.57 bits per heavy atom. The molecule has 5 atom stereocenters. The highest BCUT2D eigenvalue weighted by molar-refractivity contribution is 5.89. The van der Waals surface area contributed by atoms with Crippen molar-refractivity contribution in [2.75, 3.05) is 6.61 Å². The van der Waals surface area contributed by atoms with Crippen LogP contribution in [0.1, 0.15) is 24.2 Å². The Kier molecular flexibility index (Phi) is 4.39. The molecule has 2 aliphatic heterocycles. The van der Waals surface area contributed by atoms with Crippen LogP contribution in [0.3, 0.4) is 0 Å². The van der Waals surface area contributed by atoms with Crippen molar-refractivity contribution in [3.05, 3.63) is 35.9 Å². The highest BCUT2D eigenvalue weighted by Gasteiger charge is 2.58. The third-order valence-corrected chi connectivity index (χ3v) is 3.85. The van der Waals surface area contributed by atoms with E-state index in [9.17, 15) is 9.90 Å². The Bertz CT molecular complexity index is 559. The number of benzene rings is 1. The van der Waals surface area contributed by atoms with Gasteiger partial charge in [0.15, 0.2) is 11.9 Å². The van der Waals surface area contributed by atoms with Gasteiger partial charge in [-0.05, 0) is 26.0 Å². The molecule has 1 unspecified atom stereocenters. The summed E-state index contributed by atoms with van der Waals surface area (Å²) in [5.74, 6) is -1.44. The van der Waals surface area contributed by atoms with Gasteiger partial charge in [-0.15, -0.1) is 0 Å². The Morgan fingerprint density at radius 2 is 1.91 bits per heavy atom. The average Bonchev–Trinajstić information content (AvgIpc) is 3.01. The quantitative estimate of drug-likeness (QED) is 0.776. The van der Waals surface area contributed by atoms with E-state index < -0.39 is 49.1 Å². The first-order valence-corrected chi connectivity index (χ1v) is 7.47. The van der Waals surface area contributed by atoms with Crippen LogP contribution in [0.4, 0.5) is 0 Å². The van der Waals surface area contributed by atoms with Crippen molar-refractivity contribution in [3.8, 4) is 0 Å². The maximum atomic E-state index is 12.2. The van der Waals surface area contributed by atoms with Crippen LogP contribution in [0.25, 0.3) is 0 Å². The van der Waals surface area contributed by atoms with E-state index >= 15 is 0 Å². The van der Waals surface area contributed by atoms with E-state index in [1.54, 1.807) is 44.2 Å². The molecule has 0 saturated carbocycles. The SMILES string of the molecule is CC1(C)O[C@H]2[C@@H]([C@H](O)CO)OC(OC(=O)c3ccccc3)[C@H]2O1. The van der Waals surface area contributed by atoms with Crippen molar-refractivity contribution < 1.29 is 34.0 Å². The summed E-state index contributed by atoms with van der Waals surface area (Å²) in [6, 6.07) is 8.51. The first-order valence-electron chi connectivity index (χ1n) is 7.47. The second-order valence-corrected chi connectivity index (χ2v) is 6.06. The normalized spacial score (nSPS) is 33.2. The summed E-state index contributed by atoms with van der Waals surface area (Å²) < 4.78 is 22.4. The Hall–Kier alpha value is -1.51. The van der Waals surface area contributed by atoms with Gasteiger partial charge in [0, 0.05) is 0 Å². The van der Waals surface area contributed by atoms with Gasteiger partial charge in [0.05, 0.1) is 12.2 Å². The molecule has 2 saturated heterocycles. The second kappa shape index (κ2) is 6.18. The highest BCUT2D eigenvalue weighted by Crippen LogP contribution is 2.40. The van der Waals surface area contributed by atoms with Crippen molar-refractivity contribution in [1.82, 2.24) is 0 Å². The van der Waals surface area contributed by atoms with Gasteiger partial charge in [-0.1, -0.05) is 18.2 Å². The van der Waals surface area contributed by atoms with Crippen LogP contribution in [0.2, 0.25) is 0 Å². The fourth-order valence-electron chi connectivity index (χ4n) is 2.85. The number of rotatable bonds is 4. The number of hydrogen-bond donors (Lipinski definition) is 2. The minimum absolute atomic E-state index is 0.386. The average molecular weight is 324 g/mol. The zero-order valence-electron chi connectivity index (χ0n) is 12.9. The minimum Gasteiger partial charge on any atom is -0.429 e. The lowest BCUT2D eigenvalue weighted by Gasteiger charge is -2.25. The van der Waals surface area contributed by atoms with Crippen molar-refractivity contribution in [2.24, 2.45) is 0 Å². The van der Waals surface area contributed by atoms with Gasteiger partial charge in [0.25, 0.3) is 0 Å². The predicted octanol–water partition coefficient (Wildman–Crippen LogP) is 0.442. The van der Waals surface area contributed by atoms with E-state index in [4.69, 9.17) is 24.1 Å². The molecule has 0 bridgehead atoms. The van der Waals surface area contributed by atoms with Gasteiger partial charge < -0.3 is 29.2 Å². The van der Waals surface area contributed by atoms with Crippen molar-refractivity contribution in [1.29, 1.82) is 0 Å². The Balaban J connectivity index is 1.75. The molecule has 2 fully saturated rings. The molecule has 2 N–H and O–H groups in total. The zero-order chi connectivity index (χ0) is 16.6. The molecule has 1 aromatic rings. The molecular weight excluding hydrogens is 304 g/mol. The van der Waals surface area contributed by atoms with Crippen molar-refractivity contribution >= 4 is 5.97 Å². The summed E-state index contributed by atoms with van der Waals surface area (Å²) in [6.45, 7) is 2.96. The van der Waals surface area contributed by atoms with E-state index in [0.717, 1.165) is 0 Å². The predicted molar refractivity (Wildman–Crippen MR) is 77.4 cm³/mol. The van der Waals surface area contributed by atoms with Crippen LogP contribution < -0.4 is 0 Å². The van der Waals surface area contributed by atoms with Crippen molar-refractivity contribution in [3.63, 3.8) is 0 Å². The Morgan fingerprint density at radius 1 is 1.26 bits per heavy atom. The lowest BCUT2D eigenvalue weighted by Crippen LogP contribution is -2.40. The fourth-order valence-corrected chi connectivity index (χ4v) is 2.85. The zero-order valence-corrected chi connectivity index (χ0v) is 12.9. The maximum absolute atomic E-state index is 12.2. The second-order valence-electron chi connectivity index (χ2n) is 6.06. The molecule has 23 heavy (non-hydrogen) atoms. The van der Waals surface area contributed by atoms with Gasteiger partial charge >= 0.3 is 5.97 Å². The summed E-state index contributed by atoms with van der Waals surface area (Å²) in [5, 5.41) is 19.1. The topological polar surface area (TPSA) is 94.5 Å². The molecule has 3 rings (SSSR count). The third-order valence-electron chi connectivity index (χ3n) is 3.85. The molecule has 7 heteroatoms. The molecule has 0 spiro atoms. The molecule has 7 nitrogen and oxygen atoms in total. The van der Waals surface area contributed by atoms with E-state index in [1.807, 2.05) is 0 Å². The molecule has 2 aliphatic rings. The largest absolute Gasteiger partial charge is 0.429 e. The summed E-state index contributed by atoms with van der Waals surface area (Å²) in [4.78, 5) is 12.2.